The van der Waals surface area contributed by atoms with Gasteiger partial charge in [-0.15, -0.1) is 0 Å². The Balaban J connectivity index is 1.74. The van der Waals surface area contributed by atoms with Crippen LogP contribution >= 0.6 is 0 Å². The van der Waals surface area contributed by atoms with E-state index in [0.717, 1.165) is 36.9 Å². The number of ether oxygens (including phenoxy) is 1. The summed E-state index contributed by atoms with van der Waals surface area (Å²) >= 11 is 0. The van der Waals surface area contributed by atoms with E-state index in [1.54, 1.807) is 6.20 Å². The molecule has 0 radical (unpaired) electrons. The Kier molecular flexibility index (Phi) is 4.36. The summed E-state index contributed by atoms with van der Waals surface area (Å²) in [6, 6.07) is 3.65. The van der Waals surface area contributed by atoms with Gasteiger partial charge in [0.25, 0.3) is 0 Å². The molecule has 4 nitrogen and oxygen atoms in total. The quantitative estimate of drug-likeness (QED) is 0.869. The molecule has 2 fully saturated rings. The van der Waals surface area contributed by atoms with Crippen LogP contribution in [-0.2, 0) is 11.3 Å². The highest BCUT2D eigenvalue weighted by atomic mass is 16.5. The number of carbonyl (C=O) groups is 1. The average molecular weight is 288 g/mol. The Bertz CT molecular complexity index is 504. The van der Waals surface area contributed by atoms with Gasteiger partial charge >= 0.3 is 0 Å². The lowest BCUT2D eigenvalue weighted by molar-refractivity contribution is -0.111. The maximum atomic E-state index is 12.8. The molecule has 2 N–H and O–H groups in total. The van der Waals surface area contributed by atoms with Crippen molar-refractivity contribution in [2.24, 2.45) is 11.7 Å². The largest absolute Gasteiger partial charge is 0.375 e. The molecule has 4 heteroatoms. The van der Waals surface area contributed by atoms with Gasteiger partial charge in [-0.3, -0.25) is 9.78 Å². The van der Waals surface area contributed by atoms with E-state index < -0.39 is 0 Å². The number of hydrogen-bond donors (Lipinski definition) is 1. The molecule has 0 aromatic carbocycles. The normalized spacial score (nSPS) is 24.9. The maximum Gasteiger partial charge on any atom is 0.166 e. The predicted molar refractivity (Wildman–Crippen MR) is 81.0 cm³/mol. The van der Waals surface area contributed by atoms with Crippen LogP contribution in [0.4, 0.5) is 0 Å². The first kappa shape index (κ1) is 14.7. The molecule has 21 heavy (non-hydrogen) atoms. The van der Waals surface area contributed by atoms with Gasteiger partial charge in [0, 0.05) is 30.8 Å². The number of Topliss-reactive ketones (excluding diaryl/α,β-unsaturated/α-hetero) is 1. The Labute approximate surface area is 126 Å². The second-order valence-corrected chi connectivity index (χ2v) is 6.39. The first-order valence-corrected chi connectivity index (χ1v) is 8.06. The zero-order valence-corrected chi connectivity index (χ0v) is 12.5. The molecular weight excluding hydrogens is 264 g/mol. The summed E-state index contributed by atoms with van der Waals surface area (Å²) < 4.78 is 6.08. The molecule has 114 valence electrons. The Morgan fingerprint density at radius 3 is 2.95 bits per heavy atom. The van der Waals surface area contributed by atoms with E-state index in [1.165, 1.54) is 19.3 Å². The summed E-state index contributed by atoms with van der Waals surface area (Å²) in [5, 5.41) is 0. The molecule has 0 amide bonds. The van der Waals surface area contributed by atoms with Crippen LogP contribution in [0.25, 0.3) is 0 Å². The Hall–Kier alpha value is -1.26. The average Bonchev–Trinajstić information content (AvgIpc) is 2.55. The van der Waals surface area contributed by atoms with Crippen LogP contribution in [-0.4, -0.2) is 23.0 Å². The summed E-state index contributed by atoms with van der Waals surface area (Å²) in [7, 11) is 0. The van der Waals surface area contributed by atoms with Crippen LogP contribution in [0.5, 0.6) is 0 Å². The van der Waals surface area contributed by atoms with Crippen molar-refractivity contribution in [3.8, 4) is 0 Å². The molecule has 1 unspecified atom stereocenters. The van der Waals surface area contributed by atoms with Crippen molar-refractivity contribution in [1.29, 1.82) is 0 Å². The minimum Gasteiger partial charge on any atom is -0.375 e. The van der Waals surface area contributed by atoms with E-state index in [-0.39, 0.29) is 17.3 Å². The van der Waals surface area contributed by atoms with Gasteiger partial charge in [-0.2, -0.15) is 0 Å². The van der Waals surface area contributed by atoms with E-state index in [2.05, 4.69) is 4.98 Å². The molecule has 1 spiro atoms. The molecule has 0 bridgehead atoms. The number of hydrogen-bond acceptors (Lipinski definition) is 4. The van der Waals surface area contributed by atoms with Gasteiger partial charge < -0.3 is 10.5 Å². The number of nitrogens with zero attached hydrogens (tertiary/aromatic N) is 1. The first-order chi connectivity index (χ1) is 10.2. The molecule has 1 aromatic heterocycles. The van der Waals surface area contributed by atoms with Gasteiger partial charge in [0.2, 0.25) is 0 Å². The van der Waals surface area contributed by atoms with Crippen molar-refractivity contribution in [2.75, 3.05) is 6.61 Å². The highest BCUT2D eigenvalue weighted by Gasteiger charge is 2.40. The third kappa shape index (κ3) is 3.16. The minimum atomic E-state index is -0.0272. The molecule has 1 atom stereocenters. The molecule has 2 heterocycles. The smallest absolute Gasteiger partial charge is 0.166 e. The van der Waals surface area contributed by atoms with Crippen LogP contribution in [0.15, 0.2) is 18.3 Å². The van der Waals surface area contributed by atoms with Crippen molar-refractivity contribution in [3.05, 3.63) is 29.6 Å². The van der Waals surface area contributed by atoms with E-state index in [9.17, 15) is 4.79 Å². The predicted octanol–water partition coefficient (Wildman–Crippen LogP) is 2.85. The second-order valence-electron chi connectivity index (χ2n) is 6.39. The SMILES string of the molecule is NCc1cc(C(=O)C2CCOC3(CCCCC3)C2)ccn1. The molecular formula is C17H24N2O2. The van der Waals surface area contributed by atoms with Crippen LogP contribution < -0.4 is 5.73 Å². The lowest BCUT2D eigenvalue weighted by Crippen LogP contribution is -2.43. The molecule has 1 saturated heterocycles. The highest BCUT2D eigenvalue weighted by Crippen LogP contribution is 2.41. The molecule has 1 aliphatic heterocycles. The summed E-state index contributed by atoms with van der Waals surface area (Å²) in [5.74, 6) is 0.324. The van der Waals surface area contributed by atoms with E-state index in [0.29, 0.717) is 13.2 Å². The molecule has 3 rings (SSSR count). The number of pyridine rings is 1. The number of rotatable bonds is 3. The second kappa shape index (κ2) is 6.24. The number of ketones is 1. The third-order valence-electron chi connectivity index (χ3n) is 4.94. The summed E-state index contributed by atoms with van der Waals surface area (Å²) in [6.45, 7) is 1.09. The lowest BCUT2D eigenvalue weighted by Gasteiger charge is -2.43. The highest BCUT2D eigenvalue weighted by molar-refractivity contribution is 5.98. The Morgan fingerprint density at radius 1 is 1.38 bits per heavy atom. The van der Waals surface area contributed by atoms with Gasteiger partial charge in [-0.05, 0) is 37.8 Å². The number of carbonyl (C=O) groups excluding carboxylic acids is 1. The molecule has 1 aromatic rings. The van der Waals surface area contributed by atoms with Crippen molar-refractivity contribution in [2.45, 2.75) is 57.1 Å². The Morgan fingerprint density at radius 2 is 2.19 bits per heavy atom. The maximum absolute atomic E-state index is 12.8. The fraction of sp³-hybridized carbons (Fsp3) is 0.647. The lowest BCUT2D eigenvalue weighted by atomic mass is 9.74. The monoisotopic (exact) mass is 288 g/mol. The van der Waals surface area contributed by atoms with Crippen molar-refractivity contribution in [3.63, 3.8) is 0 Å². The van der Waals surface area contributed by atoms with Crippen LogP contribution in [0.1, 0.15) is 61.0 Å². The van der Waals surface area contributed by atoms with Crippen molar-refractivity contribution >= 4 is 5.78 Å². The van der Waals surface area contributed by atoms with Gasteiger partial charge in [0.15, 0.2) is 5.78 Å². The van der Waals surface area contributed by atoms with E-state index in [4.69, 9.17) is 10.5 Å². The standard InChI is InChI=1S/C17H24N2O2/c18-12-15-10-13(4-8-19-15)16(20)14-5-9-21-17(11-14)6-2-1-3-7-17/h4,8,10,14H,1-3,5-7,9,11-12,18H2. The van der Waals surface area contributed by atoms with Crippen molar-refractivity contribution < 1.29 is 9.53 Å². The fourth-order valence-electron chi connectivity index (χ4n) is 3.77. The van der Waals surface area contributed by atoms with Gasteiger partial charge in [0.1, 0.15) is 0 Å². The van der Waals surface area contributed by atoms with Gasteiger partial charge in [-0.1, -0.05) is 19.3 Å². The number of aromatic nitrogens is 1. The van der Waals surface area contributed by atoms with Gasteiger partial charge in [-0.25, -0.2) is 0 Å². The summed E-state index contributed by atoms with van der Waals surface area (Å²) in [6.07, 6.45) is 9.38. The molecule has 2 aliphatic rings. The number of nitrogens with two attached hydrogens (primary N) is 1. The van der Waals surface area contributed by atoms with Gasteiger partial charge in [0.05, 0.1) is 11.3 Å². The molecule has 1 aliphatic carbocycles. The third-order valence-corrected chi connectivity index (χ3v) is 4.94. The molecule has 1 saturated carbocycles. The van der Waals surface area contributed by atoms with Crippen molar-refractivity contribution in [1.82, 2.24) is 4.98 Å². The zero-order chi connectivity index (χ0) is 14.7. The minimum absolute atomic E-state index is 0.0272. The fourth-order valence-corrected chi connectivity index (χ4v) is 3.77. The van der Waals surface area contributed by atoms with E-state index >= 15 is 0 Å². The summed E-state index contributed by atoms with van der Waals surface area (Å²) in [5.41, 5.74) is 7.12. The topological polar surface area (TPSA) is 65.2 Å². The van der Waals surface area contributed by atoms with Crippen LogP contribution in [0.3, 0.4) is 0 Å². The summed E-state index contributed by atoms with van der Waals surface area (Å²) in [4.78, 5) is 16.9. The zero-order valence-electron chi connectivity index (χ0n) is 12.5. The van der Waals surface area contributed by atoms with Crippen LogP contribution in [0, 0.1) is 5.92 Å². The van der Waals surface area contributed by atoms with E-state index in [1.807, 2.05) is 12.1 Å². The first-order valence-electron chi connectivity index (χ1n) is 8.06. The van der Waals surface area contributed by atoms with Crippen LogP contribution in [0.2, 0.25) is 0 Å².